The highest BCUT2D eigenvalue weighted by Gasteiger charge is 2.68. The number of ether oxygens (including phenoxy) is 1. The van der Waals surface area contributed by atoms with Gasteiger partial charge >= 0.3 is 12.1 Å². The Kier molecular flexibility index (Phi) is 7.02. The molecule has 0 aromatic heterocycles. The molecule has 6 aliphatic rings. The monoisotopic (exact) mass is 570 g/mol. The van der Waals surface area contributed by atoms with Gasteiger partial charge in [0.15, 0.2) is 0 Å². The van der Waals surface area contributed by atoms with E-state index < -0.39 is 23.4 Å². The number of nitrogens with two attached hydrogens (primary N) is 1. The zero-order valence-electron chi connectivity index (χ0n) is 24.2. The van der Waals surface area contributed by atoms with Crippen molar-refractivity contribution in [2.75, 3.05) is 40.4 Å². The standard InChI is InChI=1S/C29H42N6O6/c1-31-22(30)21-23(36)33(14-18-4-3-5-18)27(40)35(24(21)37)20-6-10-28(11-7-20)16-29(17-28)25(38)32(2)26(39)34(29)15-19-8-12-41-13-9-19/h18-20,31H,3-17,30H2,1-2H3/b22-21+. The summed E-state index contributed by atoms with van der Waals surface area (Å²) in [6, 6.07) is -1.12. The predicted octanol–water partition coefficient (Wildman–Crippen LogP) is 1.75. The molecule has 224 valence electrons. The Labute approximate surface area is 240 Å². The molecule has 0 atom stereocenters. The second kappa shape index (κ2) is 10.3. The maximum atomic E-state index is 13.6. The molecule has 0 aromatic rings. The fraction of sp³-hybridized carbons (Fsp3) is 0.759. The van der Waals surface area contributed by atoms with Crippen LogP contribution < -0.4 is 11.1 Å². The highest BCUT2D eigenvalue weighted by molar-refractivity contribution is 6.29. The highest BCUT2D eigenvalue weighted by atomic mass is 16.5. The van der Waals surface area contributed by atoms with Crippen molar-refractivity contribution >= 4 is 29.8 Å². The molecule has 0 unspecified atom stereocenters. The number of nitrogens with one attached hydrogen (secondary N) is 1. The smallest absolute Gasteiger partial charge is 0.334 e. The molecular weight excluding hydrogens is 528 g/mol. The number of amides is 7. The second-order valence-electron chi connectivity index (χ2n) is 13.1. The van der Waals surface area contributed by atoms with Crippen molar-refractivity contribution in [1.29, 1.82) is 0 Å². The fourth-order valence-electron chi connectivity index (χ4n) is 8.10. The Balaban J connectivity index is 1.16. The molecule has 3 saturated heterocycles. The van der Waals surface area contributed by atoms with Crippen LogP contribution in [0.2, 0.25) is 0 Å². The van der Waals surface area contributed by atoms with Crippen LogP contribution in [0, 0.1) is 17.3 Å². The lowest BCUT2D eigenvalue weighted by molar-refractivity contribution is -0.151. The topological polar surface area (TPSA) is 146 Å². The molecule has 6 fully saturated rings. The van der Waals surface area contributed by atoms with Crippen molar-refractivity contribution in [1.82, 2.24) is 24.9 Å². The van der Waals surface area contributed by atoms with E-state index in [1.165, 1.54) is 14.7 Å². The summed E-state index contributed by atoms with van der Waals surface area (Å²) >= 11 is 0. The highest BCUT2D eigenvalue weighted by Crippen LogP contribution is 2.61. The van der Waals surface area contributed by atoms with E-state index in [0.29, 0.717) is 57.9 Å². The minimum Gasteiger partial charge on any atom is -0.385 e. The molecule has 12 nitrogen and oxygen atoms in total. The maximum absolute atomic E-state index is 13.6. The molecule has 0 bridgehead atoms. The molecule has 3 saturated carbocycles. The summed E-state index contributed by atoms with van der Waals surface area (Å²) in [5.74, 6) is -0.826. The van der Waals surface area contributed by atoms with Crippen LogP contribution in [0.15, 0.2) is 11.4 Å². The SMILES string of the molecule is CN/C(N)=C1\C(=O)N(CC2CCC2)C(=O)N(C2CCC3(CC2)CC2(C3)C(=O)N(C)C(=O)N2CC2CCOCC2)C1=O. The summed E-state index contributed by atoms with van der Waals surface area (Å²) in [4.78, 5) is 72.4. The minimum atomic E-state index is -0.795. The summed E-state index contributed by atoms with van der Waals surface area (Å²) in [7, 11) is 3.12. The van der Waals surface area contributed by atoms with Gasteiger partial charge in [-0.05, 0) is 81.5 Å². The van der Waals surface area contributed by atoms with Gasteiger partial charge < -0.3 is 20.7 Å². The molecule has 0 aromatic carbocycles. The zero-order chi connectivity index (χ0) is 29.1. The number of hydrogen-bond acceptors (Lipinski definition) is 8. The van der Waals surface area contributed by atoms with Crippen LogP contribution in [0.4, 0.5) is 9.59 Å². The van der Waals surface area contributed by atoms with E-state index in [0.717, 1.165) is 44.9 Å². The van der Waals surface area contributed by atoms with Crippen LogP contribution in [-0.2, 0) is 19.1 Å². The van der Waals surface area contributed by atoms with Gasteiger partial charge in [-0.1, -0.05) is 6.42 Å². The number of urea groups is 2. The molecule has 2 spiro atoms. The van der Waals surface area contributed by atoms with Crippen LogP contribution in [-0.4, -0.2) is 101 Å². The second-order valence-corrected chi connectivity index (χ2v) is 13.1. The van der Waals surface area contributed by atoms with Gasteiger partial charge in [-0.2, -0.15) is 0 Å². The van der Waals surface area contributed by atoms with Crippen LogP contribution in [0.1, 0.15) is 70.6 Å². The zero-order valence-corrected chi connectivity index (χ0v) is 24.2. The molecule has 7 amide bonds. The van der Waals surface area contributed by atoms with E-state index in [4.69, 9.17) is 10.5 Å². The van der Waals surface area contributed by atoms with Crippen molar-refractivity contribution in [2.45, 2.75) is 82.2 Å². The summed E-state index contributed by atoms with van der Waals surface area (Å²) in [6.45, 7) is 2.24. The van der Waals surface area contributed by atoms with Gasteiger partial charge in [0.25, 0.3) is 17.7 Å². The van der Waals surface area contributed by atoms with Gasteiger partial charge in [0.05, 0.1) is 0 Å². The van der Waals surface area contributed by atoms with Crippen molar-refractivity contribution in [3.8, 4) is 0 Å². The van der Waals surface area contributed by atoms with Crippen LogP contribution in [0.3, 0.4) is 0 Å². The molecular formula is C29H42N6O6. The Bertz CT molecular complexity index is 1170. The first kappa shape index (κ1) is 28.0. The normalized spacial score (nSPS) is 34.6. The van der Waals surface area contributed by atoms with Gasteiger partial charge in [0, 0.05) is 46.4 Å². The number of carbonyl (C=O) groups excluding carboxylic acids is 5. The van der Waals surface area contributed by atoms with Gasteiger partial charge in [-0.15, -0.1) is 0 Å². The van der Waals surface area contributed by atoms with Crippen molar-refractivity contribution in [3.05, 3.63) is 11.4 Å². The molecule has 6 rings (SSSR count). The maximum Gasteiger partial charge on any atom is 0.334 e. The van der Waals surface area contributed by atoms with Gasteiger partial charge in [-0.25, -0.2) is 9.59 Å². The van der Waals surface area contributed by atoms with Crippen molar-refractivity contribution in [2.24, 2.45) is 23.0 Å². The Morgan fingerprint density at radius 3 is 2.12 bits per heavy atom. The lowest BCUT2D eigenvalue weighted by Gasteiger charge is -2.59. The van der Waals surface area contributed by atoms with Gasteiger partial charge in [0.2, 0.25) is 0 Å². The number of barbiturate groups is 1. The molecule has 3 aliphatic carbocycles. The fourth-order valence-corrected chi connectivity index (χ4v) is 8.10. The third-order valence-electron chi connectivity index (χ3n) is 10.8. The minimum absolute atomic E-state index is 0.0255. The average Bonchev–Trinajstić information content (AvgIpc) is 3.09. The van der Waals surface area contributed by atoms with Crippen molar-refractivity contribution in [3.63, 3.8) is 0 Å². The Morgan fingerprint density at radius 2 is 1.54 bits per heavy atom. The molecule has 3 heterocycles. The Hall–Kier alpha value is -3.15. The number of imide groups is 3. The van der Waals surface area contributed by atoms with E-state index in [1.54, 1.807) is 14.1 Å². The molecule has 12 heteroatoms. The van der Waals surface area contributed by atoms with Crippen LogP contribution in [0.5, 0.6) is 0 Å². The Morgan fingerprint density at radius 1 is 0.902 bits per heavy atom. The first-order chi connectivity index (χ1) is 19.6. The summed E-state index contributed by atoms with van der Waals surface area (Å²) in [6.07, 6.45) is 8.64. The van der Waals surface area contributed by atoms with E-state index >= 15 is 0 Å². The largest absolute Gasteiger partial charge is 0.385 e. The van der Waals surface area contributed by atoms with E-state index in [2.05, 4.69) is 5.32 Å². The third-order valence-corrected chi connectivity index (χ3v) is 10.8. The lowest BCUT2D eigenvalue weighted by atomic mass is 9.51. The van der Waals surface area contributed by atoms with Gasteiger partial charge in [0.1, 0.15) is 16.9 Å². The number of hydrogen-bond donors (Lipinski definition) is 2. The number of nitrogens with zero attached hydrogens (tertiary/aromatic N) is 4. The first-order valence-corrected chi connectivity index (χ1v) is 15.2. The van der Waals surface area contributed by atoms with Crippen LogP contribution >= 0.6 is 0 Å². The average molecular weight is 571 g/mol. The molecule has 41 heavy (non-hydrogen) atoms. The van der Waals surface area contributed by atoms with Gasteiger partial charge in [-0.3, -0.25) is 29.1 Å². The molecule has 0 radical (unpaired) electrons. The number of carbonyl (C=O) groups is 5. The summed E-state index contributed by atoms with van der Waals surface area (Å²) in [5.41, 5.74) is 4.97. The van der Waals surface area contributed by atoms with E-state index in [-0.39, 0.29) is 40.7 Å². The summed E-state index contributed by atoms with van der Waals surface area (Å²) < 4.78 is 5.49. The summed E-state index contributed by atoms with van der Waals surface area (Å²) in [5, 5.41) is 2.72. The van der Waals surface area contributed by atoms with E-state index in [9.17, 15) is 24.0 Å². The van der Waals surface area contributed by atoms with Crippen molar-refractivity contribution < 1.29 is 28.7 Å². The van der Waals surface area contributed by atoms with Crippen LogP contribution in [0.25, 0.3) is 0 Å². The predicted molar refractivity (Wildman–Crippen MR) is 147 cm³/mol. The molecule has 3 aliphatic heterocycles. The molecule has 3 N–H and O–H groups in total. The number of likely N-dealkylation sites (N-methyl/N-ethyl adjacent to an activating group) is 1. The third kappa shape index (κ3) is 4.40. The van der Waals surface area contributed by atoms with E-state index in [1.807, 2.05) is 4.90 Å². The number of rotatable bonds is 6. The lowest BCUT2D eigenvalue weighted by Crippen LogP contribution is -2.66. The quantitative estimate of drug-likeness (QED) is 0.279. The first-order valence-electron chi connectivity index (χ1n) is 15.2.